The van der Waals surface area contributed by atoms with Crippen LogP contribution in [0, 0.1) is 0 Å². The maximum atomic E-state index is 12.7. The molecule has 10 heteroatoms. The summed E-state index contributed by atoms with van der Waals surface area (Å²) in [6, 6.07) is 17.0. The Bertz CT molecular complexity index is 1350. The summed E-state index contributed by atoms with van der Waals surface area (Å²) in [6.45, 7) is 1.85. The number of anilines is 1. The number of nitrogens with zero attached hydrogens (tertiary/aromatic N) is 2. The van der Waals surface area contributed by atoms with Crippen molar-refractivity contribution in [3.8, 4) is 0 Å². The summed E-state index contributed by atoms with van der Waals surface area (Å²) in [5, 5.41) is 5.56. The van der Waals surface area contributed by atoms with Gasteiger partial charge in [-0.1, -0.05) is 36.4 Å². The Morgan fingerprint density at radius 2 is 1.61 bits per heavy atom. The van der Waals surface area contributed by atoms with E-state index in [4.69, 9.17) is 4.74 Å². The predicted molar refractivity (Wildman–Crippen MR) is 117 cm³/mol. The van der Waals surface area contributed by atoms with Crippen LogP contribution in [0.2, 0.25) is 0 Å². The van der Waals surface area contributed by atoms with Crippen molar-refractivity contribution in [2.45, 2.75) is 23.6 Å². The van der Waals surface area contributed by atoms with Gasteiger partial charge in [0.05, 0.1) is 16.1 Å². The molecule has 4 rings (SSSR count). The van der Waals surface area contributed by atoms with Crippen LogP contribution in [0.5, 0.6) is 0 Å². The minimum Gasteiger partial charge on any atom is -0.432 e. The first-order chi connectivity index (χ1) is 15.5. The number of carbonyl (C=O) groups excluding carboxylic acids is 1. The van der Waals surface area contributed by atoms with Crippen LogP contribution in [-0.2, 0) is 14.6 Å². The fraction of sp³-hybridized carbons (Fsp3) is 0.174. The van der Waals surface area contributed by atoms with Gasteiger partial charge in [-0.25, -0.2) is 18.2 Å². The van der Waals surface area contributed by atoms with Gasteiger partial charge in [-0.3, -0.25) is 5.01 Å². The van der Waals surface area contributed by atoms with Crippen LogP contribution < -0.4 is 5.01 Å². The van der Waals surface area contributed by atoms with Gasteiger partial charge in [-0.2, -0.15) is 13.2 Å². The Morgan fingerprint density at radius 3 is 2.27 bits per heavy atom. The van der Waals surface area contributed by atoms with Crippen molar-refractivity contribution in [3.05, 3.63) is 84.1 Å². The van der Waals surface area contributed by atoms with Crippen LogP contribution in [0.4, 0.5) is 18.9 Å². The molecule has 1 heterocycles. The van der Waals surface area contributed by atoms with Crippen LogP contribution in [0.3, 0.4) is 0 Å². The molecule has 0 aromatic heterocycles. The Labute approximate surface area is 188 Å². The lowest BCUT2D eigenvalue weighted by Crippen LogP contribution is -2.42. The number of sulfone groups is 1. The van der Waals surface area contributed by atoms with E-state index in [2.05, 4.69) is 0 Å². The van der Waals surface area contributed by atoms with Crippen molar-refractivity contribution in [1.82, 2.24) is 5.01 Å². The molecular weight excluding hydrogens is 457 g/mol. The first kappa shape index (κ1) is 22.7. The van der Waals surface area contributed by atoms with Crippen LogP contribution in [-0.4, -0.2) is 38.2 Å². The molecule has 1 aliphatic heterocycles. The maximum absolute atomic E-state index is 12.7. The Morgan fingerprint density at radius 1 is 0.970 bits per heavy atom. The molecule has 0 N–H and O–H groups in total. The van der Waals surface area contributed by atoms with Gasteiger partial charge in [0.2, 0.25) is 6.23 Å². The van der Waals surface area contributed by atoms with Crippen LogP contribution >= 0.6 is 0 Å². The Kier molecular flexibility index (Phi) is 5.57. The van der Waals surface area contributed by atoms with E-state index in [1.54, 1.807) is 11.1 Å². The lowest BCUT2D eigenvalue weighted by Gasteiger charge is -2.34. The molecule has 0 saturated carbocycles. The Balaban J connectivity index is 1.62. The zero-order valence-electron chi connectivity index (χ0n) is 17.6. The summed E-state index contributed by atoms with van der Waals surface area (Å²) in [5.41, 5.74) is -3.87. The molecular formula is C23H19F3N2O4S. The monoisotopic (exact) mass is 476 g/mol. The number of hydrogen-bond acceptors (Lipinski definition) is 6. The first-order valence-corrected chi connectivity index (χ1v) is 11.3. The van der Waals surface area contributed by atoms with E-state index in [-0.39, 0.29) is 5.56 Å². The second kappa shape index (κ2) is 8.11. The topological polar surface area (TPSA) is 66.9 Å². The highest BCUT2D eigenvalue weighted by molar-refractivity contribution is 7.92. The predicted octanol–water partition coefficient (Wildman–Crippen LogP) is 4.89. The summed E-state index contributed by atoms with van der Waals surface area (Å²) in [6.07, 6.45) is 0.925. The SMILES string of the molecule is CC1=CC(OC(=O)c2ccc(S(=O)(=O)C(F)(F)F)cc2)N(c2cccc3ccccc23)N1C. The number of fused-ring (bicyclic) bond motifs is 1. The molecule has 0 saturated heterocycles. The normalized spacial score (nSPS) is 16.8. The highest BCUT2D eigenvalue weighted by atomic mass is 32.2. The van der Waals surface area contributed by atoms with Crippen molar-refractivity contribution in [2.75, 3.05) is 12.1 Å². The van der Waals surface area contributed by atoms with E-state index in [0.29, 0.717) is 0 Å². The second-order valence-corrected chi connectivity index (χ2v) is 9.39. The molecule has 0 amide bonds. The highest BCUT2D eigenvalue weighted by Crippen LogP contribution is 2.34. The number of allylic oxidation sites excluding steroid dienone is 1. The fourth-order valence-electron chi connectivity index (χ4n) is 3.60. The van der Waals surface area contributed by atoms with Gasteiger partial charge >= 0.3 is 11.5 Å². The number of ether oxygens (including phenoxy) is 1. The van der Waals surface area contributed by atoms with Crippen molar-refractivity contribution < 1.29 is 31.1 Å². The van der Waals surface area contributed by atoms with Gasteiger partial charge in [-0.15, -0.1) is 0 Å². The third kappa shape index (κ3) is 4.02. The fourth-order valence-corrected chi connectivity index (χ4v) is 4.36. The third-order valence-corrected chi connectivity index (χ3v) is 6.91. The van der Waals surface area contributed by atoms with Crippen LogP contribution in [0.15, 0.2) is 83.4 Å². The molecule has 0 aliphatic carbocycles. The smallest absolute Gasteiger partial charge is 0.432 e. The standard InChI is InChI=1S/C23H19F3N2O4S/c1-15-14-21(28(27(15)2)20-9-5-7-16-6-3-4-8-19(16)20)32-22(29)17-10-12-18(13-11-17)33(30,31)23(24,25)26/h3-14,21H,1-2H3. The van der Waals surface area contributed by atoms with E-state index < -0.39 is 32.4 Å². The molecule has 0 fully saturated rings. The van der Waals surface area contributed by atoms with Gasteiger partial charge in [-0.05, 0) is 48.7 Å². The zero-order valence-corrected chi connectivity index (χ0v) is 18.4. The zero-order chi connectivity index (χ0) is 24.0. The summed E-state index contributed by atoms with van der Waals surface area (Å²) in [5.74, 6) is -0.805. The molecule has 3 aromatic rings. The molecule has 6 nitrogen and oxygen atoms in total. The number of carbonyl (C=O) groups is 1. The van der Waals surface area contributed by atoms with Crippen molar-refractivity contribution in [2.24, 2.45) is 0 Å². The third-order valence-electron chi connectivity index (χ3n) is 5.40. The van der Waals surface area contributed by atoms with E-state index >= 15 is 0 Å². The number of alkyl halides is 3. The van der Waals surface area contributed by atoms with E-state index in [1.165, 1.54) is 0 Å². The lowest BCUT2D eigenvalue weighted by atomic mass is 10.1. The number of halogens is 3. The number of benzene rings is 3. The van der Waals surface area contributed by atoms with E-state index in [9.17, 15) is 26.4 Å². The minimum atomic E-state index is -5.50. The molecule has 0 radical (unpaired) electrons. The molecule has 172 valence electrons. The molecule has 3 aromatic carbocycles. The molecule has 1 unspecified atom stereocenters. The number of hydrogen-bond donors (Lipinski definition) is 0. The summed E-state index contributed by atoms with van der Waals surface area (Å²) in [7, 11) is -3.68. The van der Waals surface area contributed by atoms with Gasteiger partial charge in [0.15, 0.2) is 0 Å². The average Bonchev–Trinajstić information content (AvgIpc) is 3.05. The van der Waals surface area contributed by atoms with Crippen molar-refractivity contribution in [1.29, 1.82) is 0 Å². The second-order valence-electron chi connectivity index (χ2n) is 7.44. The van der Waals surface area contributed by atoms with Gasteiger partial charge in [0, 0.05) is 18.1 Å². The van der Waals surface area contributed by atoms with Gasteiger partial charge < -0.3 is 4.74 Å². The molecule has 33 heavy (non-hydrogen) atoms. The summed E-state index contributed by atoms with van der Waals surface area (Å²) < 4.78 is 66.9. The molecule has 0 bridgehead atoms. The van der Waals surface area contributed by atoms with E-state index in [0.717, 1.165) is 46.4 Å². The molecule has 1 aliphatic rings. The van der Waals surface area contributed by atoms with Crippen molar-refractivity contribution in [3.63, 3.8) is 0 Å². The van der Waals surface area contributed by atoms with Gasteiger partial charge in [0.1, 0.15) is 0 Å². The lowest BCUT2D eigenvalue weighted by molar-refractivity contribution is -0.0436. The largest absolute Gasteiger partial charge is 0.501 e. The van der Waals surface area contributed by atoms with Crippen molar-refractivity contribution >= 4 is 32.3 Å². The van der Waals surface area contributed by atoms with E-state index in [1.807, 2.05) is 61.4 Å². The maximum Gasteiger partial charge on any atom is 0.501 e. The minimum absolute atomic E-state index is 0.0744. The summed E-state index contributed by atoms with van der Waals surface area (Å²) in [4.78, 5) is 11.8. The Hall–Kier alpha value is -3.53. The van der Waals surface area contributed by atoms with Gasteiger partial charge in [0.25, 0.3) is 9.84 Å². The molecule has 0 spiro atoms. The quantitative estimate of drug-likeness (QED) is 0.500. The first-order valence-electron chi connectivity index (χ1n) is 9.82. The van der Waals surface area contributed by atoms with Crippen LogP contribution in [0.1, 0.15) is 17.3 Å². The number of hydrazine groups is 1. The number of esters is 1. The summed E-state index contributed by atoms with van der Waals surface area (Å²) >= 11 is 0. The number of rotatable bonds is 4. The average molecular weight is 476 g/mol. The highest BCUT2D eigenvalue weighted by Gasteiger charge is 2.46. The molecule has 1 atom stereocenters. The van der Waals surface area contributed by atoms with Crippen LogP contribution in [0.25, 0.3) is 10.8 Å².